The molecule has 0 fully saturated rings. The van der Waals surface area contributed by atoms with Crippen molar-refractivity contribution >= 4 is 16.9 Å². The summed E-state index contributed by atoms with van der Waals surface area (Å²) in [6.45, 7) is 0.477. The maximum absolute atomic E-state index is 12.2. The predicted octanol–water partition coefficient (Wildman–Crippen LogP) is -0.124. The second-order valence-corrected chi connectivity index (χ2v) is 5.44. The van der Waals surface area contributed by atoms with Crippen LogP contribution in [0.3, 0.4) is 0 Å². The van der Waals surface area contributed by atoms with Crippen molar-refractivity contribution in [2.45, 2.75) is 13.1 Å². The van der Waals surface area contributed by atoms with Crippen LogP contribution in [0, 0.1) is 0 Å². The Morgan fingerprint density at radius 1 is 1.27 bits per heavy atom. The lowest BCUT2D eigenvalue weighted by molar-refractivity contribution is 0.0949. The number of aromatic amines is 1. The standard InChI is InChI=1S/C15H12N8O3/c24-14(18-4-9-1-2-11-12(3-9)22-26-21-11)10-5-17-13(20-15(10)25)6-23-8-16-7-19-23/h1-3,5,7-8H,4,6H2,(H,18,24)(H,17,20,25). The van der Waals surface area contributed by atoms with E-state index in [0.29, 0.717) is 16.9 Å². The average Bonchev–Trinajstić information content (AvgIpc) is 3.30. The molecule has 0 atom stereocenters. The van der Waals surface area contributed by atoms with Crippen LogP contribution >= 0.6 is 0 Å². The summed E-state index contributed by atoms with van der Waals surface area (Å²) in [7, 11) is 0. The van der Waals surface area contributed by atoms with Gasteiger partial charge < -0.3 is 10.3 Å². The van der Waals surface area contributed by atoms with Gasteiger partial charge in [0, 0.05) is 12.7 Å². The van der Waals surface area contributed by atoms with Crippen molar-refractivity contribution in [1.82, 2.24) is 40.4 Å². The van der Waals surface area contributed by atoms with Crippen molar-refractivity contribution in [3.63, 3.8) is 0 Å². The number of nitrogens with zero attached hydrogens (tertiary/aromatic N) is 6. The van der Waals surface area contributed by atoms with Gasteiger partial charge in [0.1, 0.15) is 41.6 Å². The van der Waals surface area contributed by atoms with Crippen molar-refractivity contribution in [2.75, 3.05) is 0 Å². The number of carbonyl (C=O) groups excluding carboxylic acids is 1. The van der Waals surface area contributed by atoms with Crippen molar-refractivity contribution < 1.29 is 9.42 Å². The molecule has 0 spiro atoms. The van der Waals surface area contributed by atoms with Gasteiger partial charge in [-0.2, -0.15) is 5.10 Å². The zero-order chi connectivity index (χ0) is 17.9. The summed E-state index contributed by atoms with van der Waals surface area (Å²) in [6.07, 6.45) is 4.12. The van der Waals surface area contributed by atoms with Crippen LogP contribution in [0.25, 0.3) is 11.0 Å². The van der Waals surface area contributed by atoms with Gasteiger partial charge in [0.2, 0.25) is 0 Å². The summed E-state index contributed by atoms with van der Waals surface area (Å²) >= 11 is 0. The quantitative estimate of drug-likeness (QED) is 0.505. The monoisotopic (exact) mass is 352 g/mol. The molecule has 0 aliphatic rings. The molecule has 0 unspecified atom stereocenters. The maximum Gasteiger partial charge on any atom is 0.263 e. The summed E-state index contributed by atoms with van der Waals surface area (Å²) in [5, 5.41) is 14.1. The van der Waals surface area contributed by atoms with Gasteiger partial charge in [-0.15, -0.1) is 0 Å². The molecule has 26 heavy (non-hydrogen) atoms. The van der Waals surface area contributed by atoms with Gasteiger partial charge in [0.25, 0.3) is 11.5 Å². The molecule has 3 heterocycles. The molecule has 11 heteroatoms. The molecule has 0 saturated heterocycles. The van der Waals surface area contributed by atoms with Crippen LogP contribution in [-0.4, -0.2) is 41.0 Å². The SMILES string of the molecule is O=C(NCc1ccc2nonc2c1)c1cnc(Cn2cncn2)[nH]c1=O. The number of nitrogens with one attached hydrogen (secondary N) is 2. The Morgan fingerprint density at radius 3 is 2.96 bits per heavy atom. The molecule has 0 saturated carbocycles. The first-order chi connectivity index (χ1) is 12.7. The van der Waals surface area contributed by atoms with E-state index in [2.05, 4.69) is 40.3 Å². The first-order valence-corrected chi connectivity index (χ1v) is 7.59. The van der Waals surface area contributed by atoms with E-state index in [-0.39, 0.29) is 18.7 Å². The fourth-order valence-electron chi connectivity index (χ4n) is 2.36. The molecule has 4 rings (SSSR count). The van der Waals surface area contributed by atoms with E-state index in [9.17, 15) is 9.59 Å². The molecule has 4 aromatic rings. The number of hydrogen-bond acceptors (Lipinski definition) is 8. The highest BCUT2D eigenvalue weighted by atomic mass is 16.6. The summed E-state index contributed by atoms with van der Waals surface area (Å²) in [4.78, 5) is 34.8. The number of fused-ring (bicyclic) bond motifs is 1. The molecular formula is C15H12N8O3. The highest BCUT2D eigenvalue weighted by molar-refractivity contribution is 5.93. The molecule has 2 N–H and O–H groups in total. The first kappa shape index (κ1) is 15.6. The third-order valence-electron chi connectivity index (χ3n) is 3.65. The largest absolute Gasteiger partial charge is 0.348 e. The van der Waals surface area contributed by atoms with E-state index in [1.54, 1.807) is 18.2 Å². The molecule has 0 aliphatic heterocycles. The second-order valence-electron chi connectivity index (χ2n) is 5.44. The molecule has 1 amide bonds. The van der Waals surface area contributed by atoms with E-state index in [4.69, 9.17) is 0 Å². The smallest absolute Gasteiger partial charge is 0.263 e. The Bertz CT molecular complexity index is 1120. The van der Waals surface area contributed by atoms with E-state index >= 15 is 0 Å². The molecule has 0 radical (unpaired) electrons. The second kappa shape index (κ2) is 6.55. The number of benzene rings is 1. The Kier molecular flexibility index (Phi) is 3.94. The number of aromatic nitrogens is 7. The molecule has 130 valence electrons. The molecular weight excluding hydrogens is 340 g/mol. The molecule has 11 nitrogen and oxygen atoms in total. The minimum atomic E-state index is -0.524. The summed E-state index contributed by atoms with van der Waals surface area (Å²) in [5.41, 5.74) is 1.42. The van der Waals surface area contributed by atoms with Crippen LogP contribution in [-0.2, 0) is 13.1 Å². The fraction of sp³-hybridized carbons (Fsp3) is 0.133. The lowest BCUT2D eigenvalue weighted by Crippen LogP contribution is -2.30. The fourth-order valence-corrected chi connectivity index (χ4v) is 2.36. The minimum absolute atomic E-state index is 0.0727. The van der Waals surface area contributed by atoms with E-state index < -0.39 is 11.5 Å². The van der Waals surface area contributed by atoms with Gasteiger partial charge >= 0.3 is 0 Å². The van der Waals surface area contributed by atoms with Crippen molar-refractivity contribution in [1.29, 1.82) is 0 Å². The summed E-state index contributed by atoms with van der Waals surface area (Å²) in [5.74, 6) is -0.148. The topological polar surface area (TPSA) is 144 Å². The zero-order valence-corrected chi connectivity index (χ0v) is 13.3. The van der Waals surface area contributed by atoms with Crippen LogP contribution in [0.1, 0.15) is 21.7 Å². The van der Waals surface area contributed by atoms with Gasteiger partial charge in [-0.3, -0.25) is 9.59 Å². The van der Waals surface area contributed by atoms with Gasteiger partial charge in [-0.05, 0) is 28.0 Å². The molecule has 0 aliphatic carbocycles. The number of hydrogen-bond donors (Lipinski definition) is 2. The van der Waals surface area contributed by atoms with Crippen LogP contribution in [0.15, 0.2) is 46.5 Å². The van der Waals surface area contributed by atoms with Gasteiger partial charge in [-0.25, -0.2) is 19.3 Å². The molecule has 3 aromatic heterocycles. The minimum Gasteiger partial charge on any atom is -0.348 e. The summed E-state index contributed by atoms with van der Waals surface area (Å²) < 4.78 is 6.13. The van der Waals surface area contributed by atoms with E-state index in [0.717, 1.165) is 5.56 Å². The lowest BCUT2D eigenvalue weighted by Gasteiger charge is -2.06. The van der Waals surface area contributed by atoms with Gasteiger partial charge in [0.15, 0.2) is 0 Å². The third-order valence-corrected chi connectivity index (χ3v) is 3.65. The lowest BCUT2D eigenvalue weighted by atomic mass is 10.2. The third kappa shape index (κ3) is 3.17. The Hall–Kier alpha value is -3.89. The highest BCUT2D eigenvalue weighted by Gasteiger charge is 2.12. The predicted molar refractivity (Wildman–Crippen MR) is 87.0 cm³/mol. The summed E-state index contributed by atoms with van der Waals surface area (Å²) in [6, 6.07) is 5.27. The van der Waals surface area contributed by atoms with Crippen LogP contribution in [0.5, 0.6) is 0 Å². The average molecular weight is 352 g/mol. The first-order valence-electron chi connectivity index (χ1n) is 7.59. The Labute approximate surface area is 145 Å². The Balaban J connectivity index is 1.44. The number of H-pyrrole nitrogens is 1. The molecule has 0 bridgehead atoms. The van der Waals surface area contributed by atoms with E-state index in [1.807, 2.05) is 0 Å². The molecule has 1 aromatic carbocycles. The normalized spacial score (nSPS) is 10.9. The number of rotatable bonds is 5. The van der Waals surface area contributed by atoms with Crippen molar-refractivity contribution in [2.24, 2.45) is 0 Å². The maximum atomic E-state index is 12.2. The van der Waals surface area contributed by atoms with Crippen LogP contribution < -0.4 is 10.9 Å². The Morgan fingerprint density at radius 2 is 2.15 bits per heavy atom. The van der Waals surface area contributed by atoms with Gasteiger partial charge in [-0.1, -0.05) is 6.07 Å². The highest BCUT2D eigenvalue weighted by Crippen LogP contribution is 2.11. The van der Waals surface area contributed by atoms with E-state index in [1.165, 1.54) is 23.5 Å². The van der Waals surface area contributed by atoms with Crippen LogP contribution in [0.2, 0.25) is 0 Å². The number of carbonyl (C=O) groups is 1. The number of amides is 1. The van der Waals surface area contributed by atoms with Crippen molar-refractivity contribution in [3.05, 3.63) is 64.4 Å². The zero-order valence-electron chi connectivity index (χ0n) is 13.3. The van der Waals surface area contributed by atoms with Gasteiger partial charge in [0.05, 0.1) is 0 Å². The van der Waals surface area contributed by atoms with Crippen LogP contribution in [0.4, 0.5) is 0 Å². The van der Waals surface area contributed by atoms with Crippen molar-refractivity contribution in [3.8, 4) is 0 Å².